The Labute approximate surface area is 213 Å². The fourth-order valence-corrected chi connectivity index (χ4v) is 3.81. The number of nitrogens with zero attached hydrogens (tertiary/aromatic N) is 2. The summed E-state index contributed by atoms with van der Waals surface area (Å²) >= 11 is 2.15. The van der Waals surface area contributed by atoms with Crippen molar-refractivity contribution in [3.8, 4) is 5.88 Å². The van der Waals surface area contributed by atoms with E-state index < -0.39 is 11.9 Å². The number of H-pyrrole nitrogens is 1. The molecule has 0 aliphatic rings. The Bertz CT molecular complexity index is 1440. The molecule has 0 saturated carbocycles. The highest BCUT2D eigenvalue weighted by molar-refractivity contribution is 14.1. The minimum Gasteiger partial charge on any atom is -0.493 e. The maximum Gasteiger partial charge on any atom is 0.337 e. The number of amides is 2. The molecular formula is C25H19IN4O5. The number of carbonyl (C=O) groups is 3. The summed E-state index contributed by atoms with van der Waals surface area (Å²) in [4.78, 5) is 39.1. The molecular weight excluding hydrogens is 563 g/mol. The molecule has 0 unspecified atom stereocenters. The van der Waals surface area contributed by atoms with E-state index in [-0.39, 0.29) is 24.0 Å². The summed E-state index contributed by atoms with van der Waals surface area (Å²) in [5.74, 6) is -1.50. The highest BCUT2D eigenvalue weighted by Crippen LogP contribution is 2.36. The van der Waals surface area contributed by atoms with Gasteiger partial charge in [0.2, 0.25) is 5.88 Å². The summed E-state index contributed by atoms with van der Waals surface area (Å²) < 4.78 is 5.60. The van der Waals surface area contributed by atoms with Crippen LogP contribution in [0.4, 0.5) is 5.69 Å². The molecule has 0 bridgehead atoms. The molecule has 0 fully saturated rings. The van der Waals surface area contributed by atoms with Gasteiger partial charge < -0.3 is 20.1 Å². The topological polar surface area (TPSA) is 133 Å². The predicted octanol–water partition coefficient (Wildman–Crippen LogP) is 5.12. The van der Waals surface area contributed by atoms with Crippen LogP contribution in [0, 0.1) is 3.57 Å². The van der Waals surface area contributed by atoms with E-state index in [1.54, 1.807) is 36.4 Å². The number of hydrogen-bond acceptors (Lipinski definition) is 6. The van der Waals surface area contributed by atoms with Crippen molar-refractivity contribution in [3.63, 3.8) is 0 Å². The van der Waals surface area contributed by atoms with Crippen LogP contribution in [0.2, 0.25) is 0 Å². The summed E-state index contributed by atoms with van der Waals surface area (Å²) in [6.45, 7) is 0.245. The van der Waals surface area contributed by atoms with Crippen molar-refractivity contribution in [2.45, 2.75) is 6.54 Å². The molecule has 10 heteroatoms. The van der Waals surface area contributed by atoms with Crippen molar-refractivity contribution in [2.24, 2.45) is 10.2 Å². The quantitative estimate of drug-likeness (QED) is 0.165. The van der Waals surface area contributed by atoms with Gasteiger partial charge in [-0.3, -0.25) is 9.59 Å². The number of aromatic hydroxyl groups is 1. The van der Waals surface area contributed by atoms with E-state index in [4.69, 9.17) is 0 Å². The van der Waals surface area contributed by atoms with E-state index in [0.717, 1.165) is 9.13 Å². The van der Waals surface area contributed by atoms with Gasteiger partial charge in [0.15, 0.2) is 5.69 Å². The van der Waals surface area contributed by atoms with Crippen molar-refractivity contribution in [2.75, 3.05) is 7.11 Å². The molecule has 0 atom stereocenters. The minimum atomic E-state index is -0.564. The molecule has 0 aliphatic heterocycles. The number of aromatic nitrogens is 1. The Morgan fingerprint density at radius 2 is 1.63 bits per heavy atom. The van der Waals surface area contributed by atoms with Crippen LogP contribution in [0.15, 0.2) is 77.0 Å². The zero-order valence-electron chi connectivity index (χ0n) is 18.4. The number of methoxy groups -OCH3 is 1. The van der Waals surface area contributed by atoms with Crippen molar-refractivity contribution in [1.29, 1.82) is 0 Å². The monoisotopic (exact) mass is 582 g/mol. The molecule has 0 spiro atoms. The number of rotatable bonds is 6. The molecule has 0 saturated heterocycles. The number of esters is 1. The van der Waals surface area contributed by atoms with Crippen LogP contribution >= 0.6 is 22.6 Å². The van der Waals surface area contributed by atoms with Gasteiger partial charge in [-0.2, -0.15) is 0 Å². The predicted molar refractivity (Wildman–Crippen MR) is 137 cm³/mol. The molecule has 35 heavy (non-hydrogen) atoms. The fraction of sp³-hybridized carbons (Fsp3) is 0.0800. The number of fused-ring (bicyclic) bond motifs is 1. The number of nitrogens with one attached hydrogen (secondary N) is 2. The van der Waals surface area contributed by atoms with Crippen LogP contribution in [-0.4, -0.2) is 35.0 Å². The van der Waals surface area contributed by atoms with E-state index in [1.807, 2.05) is 18.2 Å². The smallest absolute Gasteiger partial charge is 0.337 e. The van der Waals surface area contributed by atoms with E-state index in [0.29, 0.717) is 27.6 Å². The first-order valence-corrected chi connectivity index (χ1v) is 11.5. The molecule has 9 nitrogen and oxygen atoms in total. The first-order valence-electron chi connectivity index (χ1n) is 10.4. The number of aromatic amines is 1. The van der Waals surface area contributed by atoms with Crippen LogP contribution in [0.3, 0.4) is 0 Å². The van der Waals surface area contributed by atoms with Crippen LogP contribution < -0.4 is 5.32 Å². The van der Waals surface area contributed by atoms with Gasteiger partial charge in [-0.25, -0.2) is 4.79 Å². The minimum absolute atomic E-state index is 0.162. The summed E-state index contributed by atoms with van der Waals surface area (Å²) in [7, 11) is 1.29. The largest absolute Gasteiger partial charge is 0.493 e. The van der Waals surface area contributed by atoms with Gasteiger partial charge >= 0.3 is 5.97 Å². The zero-order chi connectivity index (χ0) is 24.9. The van der Waals surface area contributed by atoms with Crippen molar-refractivity contribution in [1.82, 2.24) is 10.3 Å². The third-order valence-corrected chi connectivity index (χ3v) is 5.85. The summed E-state index contributed by atoms with van der Waals surface area (Å²) in [5, 5.41) is 21.3. The number of hydrogen-bond donors (Lipinski definition) is 3. The maximum atomic E-state index is 12.5. The number of carbonyl (C=O) groups excluding carboxylic acids is 3. The second-order valence-corrected chi connectivity index (χ2v) is 8.71. The lowest BCUT2D eigenvalue weighted by molar-refractivity contribution is 0.0600. The van der Waals surface area contributed by atoms with E-state index >= 15 is 0 Å². The van der Waals surface area contributed by atoms with Gasteiger partial charge in [0.1, 0.15) is 0 Å². The second kappa shape index (κ2) is 10.5. The number of ether oxygens (including phenoxy) is 1. The molecule has 0 radical (unpaired) electrons. The lowest BCUT2D eigenvalue weighted by Gasteiger charge is -2.06. The van der Waals surface area contributed by atoms with Crippen LogP contribution in [-0.2, 0) is 11.3 Å². The third-order valence-electron chi connectivity index (χ3n) is 5.18. The summed E-state index contributed by atoms with van der Waals surface area (Å²) in [6, 6.07) is 18.2. The van der Waals surface area contributed by atoms with Crippen molar-refractivity contribution < 1.29 is 24.2 Å². The highest BCUT2D eigenvalue weighted by atomic mass is 127. The lowest BCUT2D eigenvalue weighted by atomic mass is 10.1. The fourth-order valence-electron chi connectivity index (χ4n) is 3.32. The summed E-state index contributed by atoms with van der Waals surface area (Å²) in [5.41, 5.74) is 2.75. The Kier molecular flexibility index (Phi) is 7.20. The molecule has 4 aromatic rings. The van der Waals surface area contributed by atoms with Crippen LogP contribution in [0.1, 0.15) is 36.6 Å². The SMILES string of the molecule is COC(=O)c1ccc(C(=O)NCc2ccc(C(=O)N=Nc3c(O)[nH]c4ccc(I)cc34)cc2)cc1. The number of benzene rings is 3. The Morgan fingerprint density at radius 1 is 0.971 bits per heavy atom. The molecule has 3 aromatic carbocycles. The first-order chi connectivity index (χ1) is 16.9. The molecule has 2 amide bonds. The highest BCUT2D eigenvalue weighted by Gasteiger charge is 2.13. The molecule has 4 rings (SSSR count). The summed E-state index contributed by atoms with van der Waals surface area (Å²) in [6.07, 6.45) is 0. The van der Waals surface area contributed by atoms with Crippen molar-refractivity contribution in [3.05, 3.63) is 92.6 Å². The van der Waals surface area contributed by atoms with E-state index in [9.17, 15) is 19.5 Å². The van der Waals surface area contributed by atoms with Gasteiger partial charge in [-0.1, -0.05) is 12.1 Å². The van der Waals surface area contributed by atoms with Gasteiger partial charge in [0.25, 0.3) is 11.8 Å². The number of azo groups is 1. The van der Waals surface area contributed by atoms with Gasteiger partial charge in [-0.15, -0.1) is 10.2 Å². The van der Waals surface area contributed by atoms with E-state index in [1.165, 1.54) is 19.2 Å². The molecule has 176 valence electrons. The molecule has 0 aliphatic carbocycles. The lowest BCUT2D eigenvalue weighted by Crippen LogP contribution is -2.22. The third kappa shape index (κ3) is 5.54. The zero-order valence-corrected chi connectivity index (χ0v) is 20.6. The molecule has 3 N–H and O–H groups in total. The average Bonchev–Trinajstić information content (AvgIpc) is 3.19. The van der Waals surface area contributed by atoms with Crippen LogP contribution in [0.5, 0.6) is 5.88 Å². The standard InChI is InChI=1S/C25H19IN4O5/c1-35-25(34)17-8-6-15(7-9-17)22(31)27-13-14-2-4-16(5-3-14)23(32)30-29-21-19-12-18(26)10-11-20(19)28-24(21)33/h2-12,28,33H,13H2,1H3,(H,27,31). The molecule has 1 aromatic heterocycles. The van der Waals surface area contributed by atoms with Crippen LogP contribution in [0.25, 0.3) is 10.9 Å². The average molecular weight is 582 g/mol. The Balaban J connectivity index is 1.38. The second-order valence-electron chi connectivity index (χ2n) is 7.47. The molecule has 1 heterocycles. The number of halogens is 1. The maximum absolute atomic E-state index is 12.5. The van der Waals surface area contributed by atoms with E-state index in [2.05, 4.69) is 47.9 Å². The van der Waals surface area contributed by atoms with Gasteiger partial charge in [0.05, 0.1) is 18.2 Å². The first kappa shape index (κ1) is 24.1. The normalized spacial score (nSPS) is 11.0. The Hall–Kier alpha value is -4.06. The van der Waals surface area contributed by atoms with Gasteiger partial charge in [0, 0.05) is 26.6 Å². The Morgan fingerprint density at radius 3 is 2.31 bits per heavy atom. The van der Waals surface area contributed by atoms with Gasteiger partial charge in [-0.05, 0) is 82.8 Å². The van der Waals surface area contributed by atoms with Crippen molar-refractivity contribution >= 4 is 57.0 Å².